The number of fused-ring (bicyclic) bond motifs is 2. The molecule has 3 aliphatic rings. The van der Waals surface area contributed by atoms with Gasteiger partial charge in [-0.2, -0.15) is 0 Å². The van der Waals surface area contributed by atoms with E-state index in [0.29, 0.717) is 12.4 Å². The van der Waals surface area contributed by atoms with Crippen LogP contribution in [0, 0.1) is 0 Å². The van der Waals surface area contributed by atoms with Crippen LogP contribution in [0.25, 0.3) is 0 Å². The predicted molar refractivity (Wildman–Crippen MR) is 84.0 cm³/mol. The summed E-state index contributed by atoms with van der Waals surface area (Å²) in [6, 6.07) is 0. The van der Waals surface area contributed by atoms with Gasteiger partial charge >= 0.3 is 0 Å². The maximum Gasteiger partial charge on any atom is 0.253 e. The molecule has 1 aliphatic heterocycles. The lowest BCUT2D eigenvalue weighted by molar-refractivity contribution is -0.114. The third-order valence-corrected chi connectivity index (χ3v) is 8.09. The molecule has 1 unspecified atom stereocenters. The molecular formula is C15H20O3Si2. The number of hydrogen-bond donors (Lipinski definition) is 0. The Morgan fingerprint density at radius 1 is 1.25 bits per heavy atom. The third-order valence-electron chi connectivity index (χ3n) is 3.75. The van der Waals surface area contributed by atoms with Crippen molar-refractivity contribution in [3.05, 3.63) is 45.5 Å². The normalized spacial score (nSPS) is 27.6. The first-order valence-electron chi connectivity index (χ1n) is 7.05. The van der Waals surface area contributed by atoms with E-state index < -0.39 is 16.6 Å². The van der Waals surface area contributed by atoms with Crippen LogP contribution in [-0.4, -0.2) is 29.0 Å². The minimum Gasteiger partial charge on any atom is -0.542 e. The third kappa shape index (κ3) is 1.92. The summed E-state index contributed by atoms with van der Waals surface area (Å²) in [5.74, 6) is 0.548. The van der Waals surface area contributed by atoms with Crippen molar-refractivity contribution in [2.75, 3.05) is 6.61 Å². The van der Waals surface area contributed by atoms with E-state index in [4.69, 9.17) is 8.85 Å². The van der Waals surface area contributed by atoms with E-state index in [0.717, 1.165) is 11.1 Å². The average Bonchev–Trinajstić information content (AvgIpc) is 2.71. The number of allylic oxidation sites excluding steroid dienone is 7. The Labute approximate surface area is 121 Å². The van der Waals surface area contributed by atoms with Gasteiger partial charge in [0.2, 0.25) is 14.1 Å². The number of Topliss-reactive ketones (excluding diaryl/α,β-unsaturated/α-hetero) is 1. The second kappa shape index (κ2) is 4.16. The minimum atomic E-state index is -1.88. The number of carbonyl (C=O) groups excluding carboxylic acids is 1. The van der Waals surface area contributed by atoms with Gasteiger partial charge in [0.1, 0.15) is 0 Å². The van der Waals surface area contributed by atoms with Gasteiger partial charge in [-0.15, -0.1) is 0 Å². The molecule has 1 atom stereocenters. The molecule has 0 aromatic heterocycles. The number of carbonyl (C=O) groups is 1. The molecule has 20 heavy (non-hydrogen) atoms. The first-order valence-corrected chi connectivity index (χ1v) is 12.9. The monoisotopic (exact) mass is 304 g/mol. The van der Waals surface area contributed by atoms with Crippen molar-refractivity contribution < 1.29 is 13.6 Å². The molecule has 0 amide bonds. The second-order valence-electron chi connectivity index (χ2n) is 6.47. The van der Waals surface area contributed by atoms with Crippen LogP contribution in [-0.2, 0) is 13.6 Å². The van der Waals surface area contributed by atoms with E-state index in [9.17, 15) is 4.79 Å². The van der Waals surface area contributed by atoms with Gasteiger partial charge < -0.3 is 8.85 Å². The maximum atomic E-state index is 12.7. The Morgan fingerprint density at radius 2 is 1.95 bits per heavy atom. The lowest BCUT2D eigenvalue weighted by Crippen LogP contribution is -2.29. The molecule has 3 rings (SSSR count). The van der Waals surface area contributed by atoms with Crippen molar-refractivity contribution in [3.63, 3.8) is 0 Å². The summed E-state index contributed by atoms with van der Waals surface area (Å²) < 4.78 is 11.8. The Kier molecular flexibility index (Phi) is 2.87. The average molecular weight is 304 g/mol. The van der Waals surface area contributed by atoms with Crippen LogP contribution in [0.1, 0.15) is 6.92 Å². The molecule has 1 saturated heterocycles. The summed E-state index contributed by atoms with van der Waals surface area (Å²) in [7, 11) is -3.65. The summed E-state index contributed by atoms with van der Waals surface area (Å²) in [6.07, 6.45) is 5.95. The zero-order valence-electron chi connectivity index (χ0n) is 12.7. The highest BCUT2D eigenvalue weighted by Crippen LogP contribution is 2.57. The highest BCUT2D eigenvalue weighted by Gasteiger charge is 2.61. The lowest BCUT2D eigenvalue weighted by Gasteiger charge is -2.23. The number of rotatable bonds is 4. The van der Waals surface area contributed by atoms with Gasteiger partial charge in [-0.3, -0.25) is 4.79 Å². The van der Waals surface area contributed by atoms with E-state index in [1.165, 1.54) is 10.4 Å². The van der Waals surface area contributed by atoms with Crippen molar-refractivity contribution in [3.8, 4) is 0 Å². The van der Waals surface area contributed by atoms with Crippen LogP contribution < -0.4 is 0 Å². The standard InChI is InChI=1S/C15H20O3Si2/c1-6-17-20(5)12-9-10-7-8-11(18-19(2,3)4)14(16)13(10)15(12)20/h7-9H,6H2,1-5H3. The zero-order valence-corrected chi connectivity index (χ0v) is 14.7. The summed E-state index contributed by atoms with van der Waals surface area (Å²) >= 11 is 0. The fraction of sp³-hybridized carbons (Fsp3) is 0.400. The zero-order chi connectivity index (χ0) is 14.7. The van der Waals surface area contributed by atoms with Gasteiger partial charge in [-0.05, 0) is 55.2 Å². The molecule has 106 valence electrons. The molecular weight excluding hydrogens is 284 g/mol. The summed E-state index contributed by atoms with van der Waals surface area (Å²) in [4.78, 5) is 12.7. The van der Waals surface area contributed by atoms with Crippen molar-refractivity contribution in [1.29, 1.82) is 0 Å². The van der Waals surface area contributed by atoms with Crippen LogP contribution in [0.3, 0.4) is 0 Å². The fourth-order valence-electron chi connectivity index (χ4n) is 2.93. The SMILES string of the molecule is CCO[Si]1(C)C2=CC3=CC=C(O[Si](C)(C)C)C(=O)C3=C21. The van der Waals surface area contributed by atoms with Crippen LogP contribution >= 0.6 is 0 Å². The molecule has 0 aromatic rings. The van der Waals surface area contributed by atoms with Crippen molar-refractivity contribution in [2.45, 2.75) is 33.1 Å². The molecule has 1 heterocycles. The van der Waals surface area contributed by atoms with Gasteiger partial charge in [0.25, 0.3) is 8.32 Å². The molecule has 0 radical (unpaired) electrons. The molecule has 0 aromatic carbocycles. The van der Waals surface area contributed by atoms with Crippen molar-refractivity contribution >= 4 is 22.4 Å². The van der Waals surface area contributed by atoms with Crippen molar-refractivity contribution in [2.24, 2.45) is 0 Å². The molecule has 0 bridgehead atoms. The maximum absolute atomic E-state index is 12.7. The van der Waals surface area contributed by atoms with Gasteiger partial charge in [0.05, 0.1) is 0 Å². The summed E-state index contributed by atoms with van der Waals surface area (Å²) in [5, 5.41) is 2.48. The highest BCUT2D eigenvalue weighted by molar-refractivity contribution is 7.03. The first kappa shape index (κ1) is 13.8. The quantitative estimate of drug-likeness (QED) is 0.748. The van der Waals surface area contributed by atoms with E-state index in [2.05, 4.69) is 32.3 Å². The number of hydrogen-bond acceptors (Lipinski definition) is 3. The van der Waals surface area contributed by atoms with E-state index in [1.807, 2.05) is 19.1 Å². The fourth-order valence-corrected chi connectivity index (χ4v) is 7.28. The van der Waals surface area contributed by atoms with E-state index in [1.54, 1.807) is 0 Å². The smallest absolute Gasteiger partial charge is 0.253 e. The molecule has 3 nitrogen and oxygen atoms in total. The number of ketones is 1. The minimum absolute atomic E-state index is 0.0436. The molecule has 2 aliphatic carbocycles. The van der Waals surface area contributed by atoms with Gasteiger partial charge in [0, 0.05) is 12.2 Å². The van der Waals surface area contributed by atoms with E-state index >= 15 is 0 Å². The molecule has 0 N–H and O–H groups in total. The van der Waals surface area contributed by atoms with Crippen LogP contribution in [0.2, 0.25) is 26.2 Å². The predicted octanol–water partition coefficient (Wildman–Crippen LogP) is 3.17. The Balaban J connectivity index is 1.94. The Morgan fingerprint density at radius 3 is 2.55 bits per heavy atom. The Bertz CT molecular complexity index is 632. The van der Waals surface area contributed by atoms with Crippen LogP contribution in [0.15, 0.2) is 45.5 Å². The van der Waals surface area contributed by atoms with Gasteiger partial charge in [0.15, 0.2) is 5.76 Å². The highest BCUT2D eigenvalue weighted by atomic mass is 28.4. The van der Waals surface area contributed by atoms with Gasteiger partial charge in [-0.25, -0.2) is 0 Å². The molecule has 0 saturated carbocycles. The van der Waals surface area contributed by atoms with E-state index in [-0.39, 0.29) is 5.78 Å². The molecule has 5 heteroatoms. The second-order valence-corrected chi connectivity index (χ2v) is 14.3. The Hall–Kier alpha value is -1.18. The molecule has 1 fully saturated rings. The topological polar surface area (TPSA) is 35.5 Å². The summed E-state index contributed by atoms with van der Waals surface area (Å²) in [5.41, 5.74) is 1.88. The molecule has 0 spiro atoms. The summed E-state index contributed by atoms with van der Waals surface area (Å²) in [6.45, 7) is 11.2. The van der Waals surface area contributed by atoms with Crippen LogP contribution in [0.4, 0.5) is 0 Å². The van der Waals surface area contributed by atoms with Crippen LogP contribution in [0.5, 0.6) is 0 Å². The van der Waals surface area contributed by atoms with Gasteiger partial charge in [-0.1, -0.05) is 12.2 Å². The largest absolute Gasteiger partial charge is 0.542 e. The van der Waals surface area contributed by atoms with Crippen molar-refractivity contribution in [1.82, 2.24) is 0 Å². The first-order chi connectivity index (χ1) is 9.28. The lowest BCUT2D eigenvalue weighted by atomic mass is 9.99.